The molecule has 8 heteroatoms. The van der Waals surface area contributed by atoms with Crippen molar-refractivity contribution in [2.24, 2.45) is 10.1 Å². The Hall–Kier alpha value is -3.10. The first kappa shape index (κ1) is 21.1. The Morgan fingerprint density at radius 2 is 1.65 bits per heavy atom. The third-order valence-corrected chi connectivity index (χ3v) is 5.69. The number of halogens is 3. The van der Waals surface area contributed by atoms with Crippen molar-refractivity contribution in [2.45, 2.75) is 0 Å². The molecule has 31 heavy (non-hydrogen) atoms. The summed E-state index contributed by atoms with van der Waals surface area (Å²) in [7, 11) is 1.59. The van der Waals surface area contributed by atoms with Gasteiger partial charge in [0.2, 0.25) is 4.80 Å². The molecule has 0 unspecified atom stereocenters. The van der Waals surface area contributed by atoms with Crippen molar-refractivity contribution in [3.05, 3.63) is 98.6 Å². The molecule has 0 saturated carbocycles. The number of thiazole rings is 1. The summed E-state index contributed by atoms with van der Waals surface area (Å²) in [6.07, 6.45) is 1.67. The van der Waals surface area contributed by atoms with Gasteiger partial charge in [-0.15, -0.1) is 11.3 Å². The van der Waals surface area contributed by atoms with E-state index in [1.165, 1.54) is 35.6 Å². The molecule has 3 aromatic carbocycles. The molecule has 0 radical (unpaired) electrons. The molecule has 156 valence electrons. The quantitative estimate of drug-likeness (QED) is 0.293. The van der Waals surface area contributed by atoms with Crippen LogP contribution < -0.4 is 9.54 Å². The van der Waals surface area contributed by atoms with Crippen LogP contribution in [0.1, 0.15) is 5.56 Å². The molecule has 4 nitrogen and oxygen atoms in total. The Morgan fingerprint density at radius 3 is 2.32 bits per heavy atom. The van der Waals surface area contributed by atoms with E-state index in [9.17, 15) is 8.78 Å². The molecule has 0 amide bonds. The van der Waals surface area contributed by atoms with Crippen molar-refractivity contribution < 1.29 is 13.5 Å². The highest BCUT2D eigenvalue weighted by Gasteiger charge is 2.09. The maximum Gasteiger partial charge on any atom is 0.211 e. The molecule has 0 aliphatic rings. The molecule has 0 atom stereocenters. The summed E-state index contributed by atoms with van der Waals surface area (Å²) < 4.78 is 34.7. The summed E-state index contributed by atoms with van der Waals surface area (Å²) in [5.74, 6) is 0.0250. The zero-order chi connectivity index (χ0) is 21.8. The maximum atomic E-state index is 13.4. The standard InChI is InChI=1S/C23H16BrF2N3OS/c1-30-22-11-4-17(24)12-16(22)13-27-29-21(15-2-5-18(25)6-3-15)14-31-23(29)28-20-9-7-19(26)8-10-20/h2-14H,1H3/b27-13+,28-23?. The summed E-state index contributed by atoms with van der Waals surface area (Å²) in [6.45, 7) is 0. The molecule has 4 rings (SSSR count). The van der Waals surface area contributed by atoms with Crippen LogP contribution in [-0.2, 0) is 0 Å². The lowest BCUT2D eigenvalue weighted by molar-refractivity contribution is 0.414. The monoisotopic (exact) mass is 499 g/mol. The van der Waals surface area contributed by atoms with Gasteiger partial charge in [0.05, 0.1) is 24.7 Å². The van der Waals surface area contributed by atoms with E-state index in [0.717, 1.165) is 21.3 Å². The fourth-order valence-corrected chi connectivity index (χ4v) is 4.09. The fraction of sp³-hybridized carbons (Fsp3) is 0.0435. The van der Waals surface area contributed by atoms with Gasteiger partial charge in [-0.1, -0.05) is 15.9 Å². The van der Waals surface area contributed by atoms with Crippen LogP contribution in [0.2, 0.25) is 0 Å². The second-order valence-electron chi connectivity index (χ2n) is 6.44. The SMILES string of the molecule is COc1ccc(Br)cc1/C=N/n1c(-c2ccc(F)cc2)csc1=Nc1ccc(F)cc1. The van der Waals surface area contributed by atoms with Crippen molar-refractivity contribution in [2.75, 3.05) is 7.11 Å². The highest BCUT2D eigenvalue weighted by molar-refractivity contribution is 9.10. The predicted octanol–water partition coefficient (Wildman–Crippen LogP) is 6.38. The maximum absolute atomic E-state index is 13.4. The van der Waals surface area contributed by atoms with E-state index >= 15 is 0 Å². The van der Waals surface area contributed by atoms with Crippen LogP contribution in [0, 0.1) is 11.6 Å². The number of aromatic nitrogens is 1. The van der Waals surface area contributed by atoms with Gasteiger partial charge in [-0.2, -0.15) is 5.10 Å². The van der Waals surface area contributed by atoms with Crippen LogP contribution in [0.3, 0.4) is 0 Å². The van der Waals surface area contributed by atoms with Gasteiger partial charge in [-0.05, 0) is 66.7 Å². The first-order valence-corrected chi connectivity index (χ1v) is 10.9. The highest BCUT2D eigenvalue weighted by Crippen LogP contribution is 2.24. The number of benzene rings is 3. The number of methoxy groups -OCH3 is 1. The van der Waals surface area contributed by atoms with Gasteiger partial charge in [-0.25, -0.2) is 18.4 Å². The van der Waals surface area contributed by atoms with E-state index in [1.54, 1.807) is 42.3 Å². The van der Waals surface area contributed by atoms with Gasteiger partial charge in [0, 0.05) is 21.0 Å². The smallest absolute Gasteiger partial charge is 0.211 e. The van der Waals surface area contributed by atoms with Gasteiger partial charge in [0.15, 0.2) is 0 Å². The molecule has 0 bridgehead atoms. The number of hydrogen-bond donors (Lipinski definition) is 0. The Kier molecular flexibility index (Phi) is 6.39. The van der Waals surface area contributed by atoms with Crippen LogP contribution >= 0.6 is 27.3 Å². The average Bonchev–Trinajstić information content (AvgIpc) is 3.17. The van der Waals surface area contributed by atoms with E-state index in [0.29, 0.717) is 16.2 Å². The Bertz CT molecular complexity index is 1300. The number of hydrogen-bond acceptors (Lipinski definition) is 4. The van der Waals surface area contributed by atoms with Gasteiger partial charge < -0.3 is 4.74 Å². The van der Waals surface area contributed by atoms with Crippen LogP contribution in [0.25, 0.3) is 11.3 Å². The fourth-order valence-electron chi connectivity index (χ4n) is 2.86. The minimum Gasteiger partial charge on any atom is -0.496 e. The molecule has 0 aliphatic heterocycles. The molecule has 0 saturated heterocycles. The minimum absolute atomic E-state index is 0.316. The third-order valence-electron chi connectivity index (χ3n) is 4.38. The van der Waals surface area contributed by atoms with Crippen LogP contribution in [0.5, 0.6) is 5.75 Å². The first-order chi connectivity index (χ1) is 15.0. The van der Waals surface area contributed by atoms with Crippen molar-refractivity contribution in [3.63, 3.8) is 0 Å². The molecule has 0 fully saturated rings. The molecule has 1 aromatic heterocycles. The average molecular weight is 500 g/mol. The van der Waals surface area contributed by atoms with E-state index in [2.05, 4.69) is 26.0 Å². The molecule has 1 heterocycles. The van der Waals surface area contributed by atoms with E-state index in [-0.39, 0.29) is 11.6 Å². The molecular formula is C23H16BrF2N3OS. The Morgan fingerprint density at radius 1 is 0.968 bits per heavy atom. The second-order valence-corrected chi connectivity index (χ2v) is 8.19. The van der Waals surface area contributed by atoms with Crippen LogP contribution in [-0.4, -0.2) is 18.0 Å². The van der Waals surface area contributed by atoms with Crippen molar-refractivity contribution >= 4 is 39.2 Å². The van der Waals surface area contributed by atoms with Crippen LogP contribution in [0.4, 0.5) is 14.5 Å². The molecule has 0 spiro atoms. The second kappa shape index (κ2) is 9.36. The van der Waals surface area contributed by atoms with Crippen molar-refractivity contribution in [1.82, 2.24) is 4.68 Å². The lowest BCUT2D eigenvalue weighted by Crippen LogP contribution is -2.11. The zero-order valence-electron chi connectivity index (χ0n) is 16.3. The third kappa shape index (κ3) is 4.98. The van der Waals surface area contributed by atoms with E-state index < -0.39 is 0 Å². The largest absolute Gasteiger partial charge is 0.496 e. The molecule has 0 N–H and O–H groups in total. The summed E-state index contributed by atoms with van der Waals surface area (Å²) in [4.78, 5) is 5.18. The van der Waals surface area contributed by atoms with E-state index in [1.807, 2.05) is 23.6 Å². The van der Waals surface area contributed by atoms with Crippen molar-refractivity contribution in [3.8, 4) is 17.0 Å². The minimum atomic E-state index is -0.329. The summed E-state index contributed by atoms with van der Waals surface area (Å²) in [6, 6.07) is 17.7. The summed E-state index contributed by atoms with van der Waals surface area (Å²) >= 11 is 4.84. The van der Waals surface area contributed by atoms with E-state index in [4.69, 9.17) is 4.74 Å². The summed E-state index contributed by atoms with van der Waals surface area (Å²) in [5.41, 5.74) is 2.90. The number of ether oxygens (including phenoxy) is 1. The first-order valence-electron chi connectivity index (χ1n) is 9.18. The van der Waals surface area contributed by atoms with Gasteiger partial charge in [0.1, 0.15) is 17.4 Å². The molecule has 0 aliphatic carbocycles. The predicted molar refractivity (Wildman–Crippen MR) is 123 cm³/mol. The topological polar surface area (TPSA) is 38.9 Å². The molecule has 4 aromatic rings. The van der Waals surface area contributed by atoms with Gasteiger partial charge in [0.25, 0.3) is 0 Å². The Labute approximate surface area is 189 Å². The summed E-state index contributed by atoms with van der Waals surface area (Å²) in [5, 5.41) is 6.53. The van der Waals surface area contributed by atoms with Crippen LogP contribution in [0.15, 0.2) is 86.7 Å². The number of rotatable bonds is 5. The lowest BCUT2D eigenvalue weighted by atomic mass is 10.2. The number of nitrogens with zero attached hydrogens (tertiary/aromatic N) is 3. The van der Waals surface area contributed by atoms with Gasteiger partial charge >= 0.3 is 0 Å². The lowest BCUT2D eigenvalue weighted by Gasteiger charge is -2.06. The van der Waals surface area contributed by atoms with Crippen molar-refractivity contribution in [1.29, 1.82) is 0 Å². The van der Waals surface area contributed by atoms with Gasteiger partial charge in [-0.3, -0.25) is 0 Å². The highest BCUT2D eigenvalue weighted by atomic mass is 79.9. The normalized spacial score (nSPS) is 11.9. The zero-order valence-corrected chi connectivity index (χ0v) is 18.7. The molecular weight excluding hydrogens is 484 g/mol. The Balaban J connectivity index is 1.85.